The maximum absolute atomic E-state index is 5.97. The molecule has 0 aliphatic heterocycles. The third-order valence-electron chi connectivity index (χ3n) is 3.57. The van der Waals surface area contributed by atoms with Gasteiger partial charge in [0, 0.05) is 36.9 Å². The molecule has 0 aliphatic carbocycles. The predicted molar refractivity (Wildman–Crippen MR) is 84.7 cm³/mol. The predicted octanol–water partition coefficient (Wildman–Crippen LogP) is 2.27. The summed E-state index contributed by atoms with van der Waals surface area (Å²) < 4.78 is 2.04. The number of aryl methyl sites for hydroxylation is 1. The highest BCUT2D eigenvalue weighted by atomic mass is 32.2. The molecule has 1 heterocycles. The SMILES string of the molecule is CSc1ccc(C(CN)N(C)Cc2nccn2C)cc1. The van der Waals surface area contributed by atoms with Crippen LogP contribution in [0.5, 0.6) is 0 Å². The van der Waals surface area contributed by atoms with Gasteiger partial charge in [-0.1, -0.05) is 12.1 Å². The summed E-state index contributed by atoms with van der Waals surface area (Å²) in [7, 11) is 4.11. The van der Waals surface area contributed by atoms with Gasteiger partial charge in [-0.05, 0) is 31.0 Å². The molecule has 0 bridgehead atoms. The van der Waals surface area contributed by atoms with Crippen LogP contribution in [-0.2, 0) is 13.6 Å². The maximum atomic E-state index is 5.97. The molecule has 0 amide bonds. The van der Waals surface area contributed by atoms with E-state index in [9.17, 15) is 0 Å². The minimum Gasteiger partial charge on any atom is -0.337 e. The topological polar surface area (TPSA) is 47.1 Å². The number of nitrogens with two attached hydrogens (primary N) is 1. The monoisotopic (exact) mass is 290 g/mol. The van der Waals surface area contributed by atoms with Crippen molar-refractivity contribution in [3.63, 3.8) is 0 Å². The van der Waals surface area contributed by atoms with E-state index in [-0.39, 0.29) is 6.04 Å². The molecule has 0 saturated heterocycles. The Morgan fingerprint density at radius 1 is 1.35 bits per heavy atom. The van der Waals surface area contributed by atoms with Gasteiger partial charge >= 0.3 is 0 Å². The van der Waals surface area contributed by atoms with Crippen LogP contribution in [0, 0.1) is 0 Å². The van der Waals surface area contributed by atoms with Crippen molar-refractivity contribution in [2.45, 2.75) is 17.5 Å². The number of benzene rings is 1. The van der Waals surface area contributed by atoms with Crippen LogP contribution in [0.1, 0.15) is 17.4 Å². The Bertz CT molecular complexity index is 535. The van der Waals surface area contributed by atoms with E-state index in [0.717, 1.165) is 12.4 Å². The lowest BCUT2D eigenvalue weighted by Crippen LogP contribution is -2.31. The van der Waals surface area contributed by atoms with Gasteiger partial charge in [0.05, 0.1) is 6.54 Å². The van der Waals surface area contributed by atoms with Crippen LogP contribution >= 0.6 is 11.8 Å². The van der Waals surface area contributed by atoms with Gasteiger partial charge in [0.2, 0.25) is 0 Å². The van der Waals surface area contributed by atoms with Gasteiger partial charge < -0.3 is 10.3 Å². The zero-order valence-corrected chi connectivity index (χ0v) is 13.1. The van der Waals surface area contributed by atoms with Gasteiger partial charge in [0.25, 0.3) is 0 Å². The number of rotatable bonds is 6. The van der Waals surface area contributed by atoms with E-state index < -0.39 is 0 Å². The molecule has 0 aliphatic rings. The van der Waals surface area contributed by atoms with E-state index in [4.69, 9.17) is 5.73 Å². The summed E-state index contributed by atoms with van der Waals surface area (Å²) >= 11 is 1.75. The van der Waals surface area contributed by atoms with Gasteiger partial charge in [-0.3, -0.25) is 4.90 Å². The molecule has 1 aromatic carbocycles. The Morgan fingerprint density at radius 2 is 2.05 bits per heavy atom. The normalized spacial score (nSPS) is 12.8. The first-order chi connectivity index (χ1) is 9.65. The van der Waals surface area contributed by atoms with Crippen molar-refractivity contribution in [3.8, 4) is 0 Å². The molecule has 1 aromatic heterocycles. The molecule has 0 spiro atoms. The molecule has 5 heteroatoms. The molecule has 108 valence electrons. The van der Waals surface area contributed by atoms with E-state index >= 15 is 0 Å². The first kappa shape index (κ1) is 15.1. The number of hydrogen-bond acceptors (Lipinski definition) is 4. The van der Waals surface area contributed by atoms with Gasteiger partial charge in [0.15, 0.2) is 0 Å². The van der Waals surface area contributed by atoms with Gasteiger partial charge in [-0.2, -0.15) is 0 Å². The zero-order valence-electron chi connectivity index (χ0n) is 12.3. The van der Waals surface area contributed by atoms with Gasteiger partial charge in [0.1, 0.15) is 5.82 Å². The van der Waals surface area contributed by atoms with Crippen molar-refractivity contribution in [2.75, 3.05) is 19.8 Å². The van der Waals surface area contributed by atoms with Crippen LogP contribution in [0.2, 0.25) is 0 Å². The number of likely N-dealkylation sites (N-methyl/N-ethyl adjacent to an activating group) is 1. The standard InChI is InChI=1S/C15H22N4S/c1-18-9-8-17-15(18)11-19(2)14(10-16)12-4-6-13(20-3)7-5-12/h4-9,14H,10-11,16H2,1-3H3. The summed E-state index contributed by atoms with van der Waals surface area (Å²) in [4.78, 5) is 7.89. The van der Waals surface area contributed by atoms with Crippen LogP contribution in [0.25, 0.3) is 0 Å². The van der Waals surface area contributed by atoms with E-state index in [1.165, 1.54) is 10.5 Å². The van der Waals surface area contributed by atoms with Crippen LogP contribution in [0.4, 0.5) is 0 Å². The molecule has 2 aromatic rings. The Kier molecular flexibility index (Phi) is 5.23. The molecule has 2 rings (SSSR count). The Morgan fingerprint density at radius 3 is 2.55 bits per heavy atom. The molecule has 1 unspecified atom stereocenters. The molecule has 4 nitrogen and oxygen atoms in total. The third-order valence-corrected chi connectivity index (χ3v) is 4.31. The first-order valence-corrected chi connectivity index (χ1v) is 7.88. The van der Waals surface area contributed by atoms with Crippen LogP contribution < -0.4 is 5.73 Å². The fraction of sp³-hybridized carbons (Fsp3) is 0.400. The van der Waals surface area contributed by atoms with E-state index in [1.54, 1.807) is 11.8 Å². The summed E-state index contributed by atoms with van der Waals surface area (Å²) in [6.45, 7) is 1.38. The molecular weight excluding hydrogens is 268 g/mol. The number of aromatic nitrogens is 2. The summed E-state index contributed by atoms with van der Waals surface area (Å²) in [5.41, 5.74) is 7.22. The average molecular weight is 290 g/mol. The molecule has 2 N–H and O–H groups in total. The minimum atomic E-state index is 0.211. The molecule has 1 atom stereocenters. The van der Waals surface area contributed by atoms with E-state index in [0.29, 0.717) is 6.54 Å². The van der Waals surface area contributed by atoms with Crippen molar-refractivity contribution >= 4 is 11.8 Å². The average Bonchev–Trinajstić information content (AvgIpc) is 2.86. The second-order valence-electron chi connectivity index (χ2n) is 4.89. The molecule has 0 saturated carbocycles. The quantitative estimate of drug-likeness (QED) is 0.829. The van der Waals surface area contributed by atoms with Gasteiger partial charge in [-0.25, -0.2) is 4.98 Å². The number of nitrogens with zero attached hydrogens (tertiary/aromatic N) is 3. The number of imidazole rings is 1. The van der Waals surface area contributed by atoms with Crippen LogP contribution in [0.3, 0.4) is 0 Å². The molecular formula is C15H22N4S. The number of hydrogen-bond donors (Lipinski definition) is 1. The van der Waals surface area contributed by atoms with Crippen molar-refractivity contribution in [1.82, 2.24) is 14.5 Å². The van der Waals surface area contributed by atoms with Crippen LogP contribution in [0.15, 0.2) is 41.6 Å². The van der Waals surface area contributed by atoms with E-state index in [1.807, 2.05) is 24.0 Å². The van der Waals surface area contributed by atoms with E-state index in [2.05, 4.69) is 47.5 Å². The first-order valence-electron chi connectivity index (χ1n) is 6.66. The fourth-order valence-corrected chi connectivity index (χ4v) is 2.69. The third kappa shape index (κ3) is 3.42. The Hall–Kier alpha value is -1.30. The molecule has 20 heavy (non-hydrogen) atoms. The van der Waals surface area contributed by atoms with Crippen molar-refractivity contribution in [1.29, 1.82) is 0 Å². The minimum absolute atomic E-state index is 0.211. The highest BCUT2D eigenvalue weighted by Gasteiger charge is 2.17. The van der Waals surface area contributed by atoms with Crippen molar-refractivity contribution in [2.24, 2.45) is 12.8 Å². The van der Waals surface area contributed by atoms with Crippen molar-refractivity contribution in [3.05, 3.63) is 48.0 Å². The smallest absolute Gasteiger partial charge is 0.122 e. The Balaban J connectivity index is 2.12. The fourth-order valence-electron chi connectivity index (χ4n) is 2.28. The summed E-state index contributed by atoms with van der Waals surface area (Å²) in [5.74, 6) is 1.05. The lowest BCUT2D eigenvalue weighted by molar-refractivity contribution is 0.234. The largest absolute Gasteiger partial charge is 0.337 e. The second kappa shape index (κ2) is 6.92. The lowest BCUT2D eigenvalue weighted by atomic mass is 10.1. The zero-order chi connectivity index (χ0) is 14.5. The maximum Gasteiger partial charge on any atom is 0.122 e. The van der Waals surface area contributed by atoms with Gasteiger partial charge in [-0.15, -0.1) is 11.8 Å². The molecule has 0 radical (unpaired) electrons. The highest BCUT2D eigenvalue weighted by Crippen LogP contribution is 2.23. The summed E-state index contributed by atoms with van der Waals surface area (Å²) in [6.07, 6.45) is 5.88. The highest BCUT2D eigenvalue weighted by molar-refractivity contribution is 7.98. The van der Waals surface area contributed by atoms with Crippen LogP contribution in [-0.4, -0.2) is 34.3 Å². The molecule has 0 fully saturated rings. The number of thioether (sulfide) groups is 1. The Labute approximate surface area is 125 Å². The second-order valence-corrected chi connectivity index (χ2v) is 5.77. The summed E-state index contributed by atoms with van der Waals surface area (Å²) in [5, 5.41) is 0. The lowest BCUT2D eigenvalue weighted by Gasteiger charge is -2.27. The van der Waals surface area contributed by atoms with Crippen molar-refractivity contribution < 1.29 is 0 Å². The summed E-state index contributed by atoms with van der Waals surface area (Å²) in [6, 6.07) is 8.84.